The van der Waals surface area contributed by atoms with Crippen molar-refractivity contribution in [1.82, 2.24) is 0 Å². The number of rotatable bonds is 4. The van der Waals surface area contributed by atoms with Crippen LogP contribution in [0.1, 0.15) is 48.5 Å². The standard InChI is InChI=1S/C15H20O3S/c1-11-7-9-13(10-8-11)15(16)12(2)19(17,18)14-5-3-4-6-14/h7-10,12,14H,3-6H2,1-2H3. The molecule has 1 atom stereocenters. The van der Waals surface area contributed by atoms with E-state index in [1.54, 1.807) is 12.1 Å². The van der Waals surface area contributed by atoms with Gasteiger partial charge in [0.1, 0.15) is 5.25 Å². The third-order valence-electron chi connectivity index (χ3n) is 3.96. The maximum absolute atomic E-state index is 12.4. The largest absolute Gasteiger partial charge is 0.293 e. The van der Waals surface area contributed by atoms with Gasteiger partial charge in [-0.3, -0.25) is 4.79 Å². The summed E-state index contributed by atoms with van der Waals surface area (Å²) in [5, 5.41) is -1.25. The second-order valence-corrected chi connectivity index (χ2v) is 7.92. The second-order valence-electron chi connectivity index (χ2n) is 5.37. The van der Waals surface area contributed by atoms with Crippen molar-refractivity contribution < 1.29 is 13.2 Å². The number of aryl methyl sites for hydroxylation is 1. The molecule has 104 valence electrons. The van der Waals surface area contributed by atoms with Gasteiger partial charge in [-0.25, -0.2) is 8.42 Å². The van der Waals surface area contributed by atoms with Crippen molar-refractivity contribution in [3.63, 3.8) is 0 Å². The first-order valence-corrected chi connectivity index (χ1v) is 8.37. The lowest BCUT2D eigenvalue weighted by Gasteiger charge is -2.17. The highest BCUT2D eigenvalue weighted by molar-refractivity contribution is 7.93. The average Bonchev–Trinajstić information content (AvgIpc) is 2.92. The van der Waals surface area contributed by atoms with E-state index in [1.807, 2.05) is 19.1 Å². The van der Waals surface area contributed by atoms with Crippen LogP contribution in [0.2, 0.25) is 0 Å². The summed E-state index contributed by atoms with van der Waals surface area (Å²) >= 11 is 0. The molecule has 1 saturated carbocycles. The Balaban J connectivity index is 2.21. The number of hydrogen-bond donors (Lipinski definition) is 0. The minimum atomic E-state index is -3.35. The lowest BCUT2D eigenvalue weighted by atomic mass is 10.1. The number of hydrogen-bond acceptors (Lipinski definition) is 3. The van der Waals surface area contributed by atoms with Gasteiger partial charge in [0.05, 0.1) is 5.25 Å². The summed E-state index contributed by atoms with van der Waals surface area (Å²) in [4.78, 5) is 12.3. The first kappa shape index (κ1) is 14.3. The van der Waals surface area contributed by atoms with E-state index in [0.29, 0.717) is 18.4 Å². The normalized spacial score (nSPS) is 18.4. The quantitative estimate of drug-likeness (QED) is 0.797. The molecule has 0 bridgehead atoms. The molecular weight excluding hydrogens is 260 g/mol. The minimum Gasteiger partial charge on any atom is -0.293 e. The van der Waals surface area contributed by atoms with Crippen molar-refractivity contribution in [2.75, 3.05) is 0 Å². The molecule has 3 nitrogen and oxygen atoms in total. The monoisotopic (exact) mass is 280 g/mol. The summed E-state index contributed by atoms with van der Waals surface area (Å²) in [6, 6.07) is 7.08. The summed E-state index contributed by atoms with van der Waals surface area (Å²) in [5.74, 6) is -0.285. The number of Topliss-reactive ketones (excluding diaryl/α,β-unsaturated/α-hetero) is 1. The van der Waals surface area contributed by atoms with Gasteiger partial charge < -0.3 is 0 Å². The summed E-state index contributed by atoms with van der Waals surface area (Å²) in [6.45, 7) is 3.46. The lowest BCUT2D eigenvalue weighted by Crippen LogP contribution is -2.34. The predicted molar refractivity (Wildman–Crippen MR) is 76.1 cm³/mol. The highest BCUT2D eigenvalue weighted by Gasteiger charge is 2.37. The summed E-state index contributed by atoms with van der Waals surface area (Å²) in [5.41, 5.74) is 1.54. The molecule has 0 radical (unpaired) electrons. The Hall–Kier alpha value is -1.16. The smallest absolute Gasteiger partial charge is 0.180 e. The number of ketones is 1. The number of sulfone groups is 1. The van der Waals surface area contributed by atoms with E-state index in [1.165, 1.54) is 6.92 Å². The molecule has 0 N–H and O–H groups in total. The van der Waals surface area contributed by atoms with Crippen LogP contribution in [-0.4, -0.2) is 24.7 Å². The van der Waals surface area contributed by atoms with E-state index in [4.69, 9.17) is 0 Å². The van der Waals surface area contributed by atoms with E-state index >= 15 is 0 Å². The number of carbonyl (C=O) groups excluding carboxylic acids is 1. The zero-order valence-corrected chi connectivity index (χ0v) is 12.2. The van der Waals surface area contributed by atoms with Gasteiger partial charge in [-0.1, -0.05) is 42.7 Å². The number of carbonyl (C=O) groups is 1. The Morgan fingerprint density at radius 2 is 1.68 bits per heavy atom. The highest BCUT2D eigenvalue weighted by atomic mass is 32.2. The summed E-state index contributed by atoms with van der Waals surface area (Å²) in [7, 11) is -3.35. The van der Waals surface area contributed by atoms with Crippen LogP contribution < -0.4 is 0 Å². The molecule has 4 heteroatoms. The third-order valence-corrected chi connectivity index (χ3v) is 6.57. The SMILES string of the molecule is Cc1ccc(C(=O)C(C)S(=O)(=O)C2CCCC2)cc1. The Bertz CT molecular complexity index is 552. The molecule has 1 aromatic carbocycles. The van der Waals surface area contributed by atoms with Crippen molar-refractivity contribution in [3.05, 3.63) is 35.4 Å². The van der Waals surface area contributed by atoms with Gasteiger partial charge in [0.25, 0.3) is 0 Å². The van der Waals surface area contributed by atoms with Crippen LogP contribution in [-0.2, 0) is 9.84 Å². The Morgan fingerprint density at radius 3 is 2.21 bits per heavy atom. The van der Waals surface area contributed by atoms with Gasteiger partial charge in [-0.05, 0) is 26.7 Å². The zero-order chi connectivity index (χ0) is 14.0. The van der Waals surface area contributed by atoms with E-state index in [9.17, 15) is 13.2 Å². The fourth-order valence-electron chi connectivity index (χ4n) is 2.61. The molecule has 0 aromatic heterocycles. The van der Waals surface area contributed by atoms with E-state index in [-0.39, 0.29) is 11.0 Å². The Labute approximate surface area is 114 Å². The van der Waals surface area contributed by atoms with Crippen molar-refractivity contribution in [2.45, 2.75) is 50.0 Å². The molecular formula is C15H20O3S. The van der Waals surface area contributed by atoms with Crippen molar-refractivity contribution in [3.8, 4) is 0 Å². The molecule has 2 rings (SSSR count). The van der Waals surface area contributed by atoms with Crippen LogP contribution >= 0.6 is 0 Å². The van der Waals surface area contributed by atoms with Gasteiger partial charge in [-0.2, -0.15) is 0 Å². The molecule has 1 aliphatic carbocycles. The molecule has 0 heterocycles. The molecule has 0 aliphatic heterocycles. The van der Waals surface area contributed by atoms with Gasteiger partial charge in [0.2, 0.25) is 0 Å². The molecule has 0 amide bonds. The van der Waals surface area contributed by atoms with Crippen LogP contribution in [0.15, 0.2) is 24.3 Å². The second kappa shape index (κ2) is 5.45. The van der Waals surface area contributed by atoms with E-state index < -0.39 is 15.1 Å². The Morgan fingerprint density at radius 1 is 1.16 bits per heavy atom. The summed E-state index contributed by atoms with van der Waals surface area (Å²) in [6.07, 6.45) is 3.31. The fraction of sp³-hybridized carbons (Fsp3) is 0.533. The first-order chi connectivity index (χ1) is 8.93. The van der Waals surface area contributed by atoms with Crippen LogP contribution in [0.4, 0.5) is 0 Å². The molecule has 1 fully saturated rings. The first-order valence-electron chi connectivity index (χ1n) is 6.76. The molecule has 1 unspecified atom stereocenters. The van der Waals surface area contributed by atoms with Crippen LogP contribution in [0.25, 0.3) is 0 Å². The maximum Gasteiger partial charge on any atom is 0.180 e. The van der Waals surface area contributed by atoms with Gasteiger partial charge in [0, 0.05) is 5.56 Å². The van der Waals surface area contributed by atoms with Crippen LogP contribution in [0.5, 0.6) is 0 Å². The van der Waals surface area contributed by atoms with Gasteiger partial charge in [-0.15, -0.1) is 0 Å². The van der Waals surface area contributed by atoms with Gasteiger partial charge in [0.15, 0.2) is 15.6 Å². The molecule has 19 heavy (non-hydrogen) atoms. The minimum absolute atomic E-state index is 0.285. The lowest BCUT2D eigenvalue weighted by molar-refractivity contribution is 0.0991. The third kappa shape index (κ3) is 2.89. The predicted octanol–water partition coefficient (Wildman–Crippen LogP) is 2.92. The van der Waals surface area contributed by atoms with Crippen LogP contribution in [0.3, 0.4) is 0 Å². The highest BCUT2D eigenvalue weighted by Crippen LogP contribution is 2.28. The maximum atomic E-state index is 12.4. The number of benzene rings is 1. The van der Waals surface area contributed by atoms with Crippen molar-refractivity contribution in [1.29, 1.82) is 0 Å². The topological polar surface area (TPSA) is 51.2 Å². The zero-order valence-electron chi connectivity index (χ0n) is 11.4. The van der Waals surface area contributed by atoms with E-state index in [0.717, 1.165) is 18.4 Å². The van der Waals surface area contributed by atoms with E-state index in [2.05, 4.69) is 0 Å². The fourth-order valence-corrected chi connectivity index (χ4v) is 4.61. The Kier molecular flexibility index (Phi) is 4.09. The van der Waals surface area contributed by atoms with Gasteiger partial charge >= 0.3 is 0 Å². The van der Waals surface area contributed by atoms with Crippen molar-refractivity contribution in [2.24, 2.45) is 0 Å². The average molecular weight is 280 g/mol. The summed E-state index contributed by atoms with van der Waals surface area (Å²) < 4.78 is 24.8. The molecule has 1 aromatic rings. The molecule has 1 aliphatic rings. The van der Waals surface area contributed by atoms with Crippen molar-refractivity contribution >= 4 is 15.6 Å². The van der Waals surface area contributed by atoms with Crippen LogP contribution in [0, 0.1) is 6.92 Å². The molecule has 0 saturated heterocycles. The molecule has 0 spiro atoms.